The summed E-state index contributed by atoms with van der Waals surface area (Å²) in [5, 5.41) is 19.7. The van der Waals surface area contributed by atoms with Crippen LogP contribution in [0.15, 0.2) is 173 Å². The van der Waals surface area contributed by atoms with Crippen molar-refractivity contribution < 1.29 is 8.83 Å². The molecule has 0 N–H and O–H groups in total. The first-order valence-electron chi connectivity index (χ1n) is 18.1. The Kier molecular flexibility index (Phi) is 5.78. The Morgan fingerprint density at radius 2 is 0.870 bits per heavy atom. The SMILES string of the molecule is N#Cc1cc(-n2c3ccccc3c3c4c(ccc32)oc2ccccc24)ccc1-c1ccc(-n2c3ccccc3c3c4c(ccc32)oc2ccccc24)cc1. The highest BCUT2D eigenvalue weighted by Gasteiger charge is 2.21. The van der Waals surface area contributed by atoms with Crippen LogP contribution in [0.25, 0.3) is 110 Å². The van der Waals surface area contributed by atoms with Crippen molar-refractivity contribution >= 4 is 87.5 Å². The van der Waals surface area contributed by atoms with Gasteiger partial charge in [0.15, 0.2) is 0 Å². The van der Waals surface area contributed by atoms with E-state index >= 15 is 0 Å². The van der Waals surface area contributed by atoms with Gasteiger partial charge in [0.1, 0.15) is 22.3 Å². The predicted octanol–water partition coefficient (Wildman–Crippen LogP) is 13.2. The number of nitrogens with zero attached hydrogens (tertiary/aromatic N) is 3. The van der Waals surface area contributed by atoms with Crippen LogP contribution >= 0.6 is 0 Å². The van der Waals surface area contributed by atoms with Crippen LogP contribution in [0.3, 0.4) is 0 Å². The summed E-state index contributed by atoms with van der Waals surface area (Å²) in [6.45, 7) is 0. The molecule has 0 aliphatic carbocycles. The highest BCUT2D eigenvalue weighted by Crippen LogP contribution is 2.43. The second-order valence-electron chi connectivity index (χ2n) is 14.0. The molecule has 5 heteroatoms. The lowest BCUT2D eigenvalue weighted by Gasteiger charge is -2.12. The molecule has 250 valence electrons. The van der Waals surface area contributed by atoms with E-state index in [1.807, 2.05) is 30.3 Å². The molecule has 12 rings (SSSR count). The quantitative estimate of drug-likeness (QED) is 0.185. The lowest BCUT2D eigenvalue weighted by molar-refractivity contribution is 0.669. The number of rotatable bonds is 3. The van der Waals surface area contributed by atoms with E-state index in [0.29, 0.717) is 5.56 Å². The maximum absolute atomic E-state index is 10.6. The number of para-hydroxylation sites is 4. The van der Waals surface area contributed by atoms with E-state index in [1.54, 1.807) is 0 Å². The van der Waals surface area contributed by atoms with Gasteiger partial charge in [0.05, 0.1) is 33.7 Å². The zero-order valence-corrected chi connectivity index (χ0v) is 28.7. The van der Waals surface area contributed by atoms with Crippen molar-refractivity contribution in [3.8, 4) is 28.6 Å². The summed E-state index contributed by atoms with van der Waals surface area (Å²) in [6.07, 6.45) is 0. The fourth-order valence-electron chi connectivity index (χ4n) is 8.91. The normalized spacial score (nSPS) is 12.1. The zero-order valence-electron chi connectivity index (χ0n) is 28.7. The molecule has 0 saturated heterocycles. The van der Waals surface area contributed by atoms with Gasteiger partial charge in [-0.3, -0.25) is 0 Å². The van der Waals surface area contributed by atoms with Crippen LogP contribution in [0.2, 0.25) is 0 Å². The van der Waals surface area contributed by atoms with Crippen molar-refractivity contribution in [3.63, 3.8) is 0 Å². The largest absolute Gasteiger partial charge is 0.456 e. The Morgan fingerprint density at radius 1 is 0.389 bits per heavy atom. The summed E-state index contributed by atoms with van der Waals surface area (Å²) in [5.74, 6) is 0. The smallest absolute Gasteiger partial charge is 0.136 e. The molecule has 0 aliphatic heterocycles. The van der Waals surface area contributed by atoms with Gasteiger partial charge in [-0.2, -0.15) is 5.26 Å². The number of aromatic nitrogens is 2. The maximum atomic E-state index is 10.6. The number of hydrogen-bond acceptors (Lipinski definition) is 3. The highest BCUT2D eigenvalue weighted by atomic mass is 16.3. The van der Waals surface area contributed by atoms with E-state index in [-0.39, 0.29) is 0 Å². The van der Waals surface area contributed by atoms with Gasteiger partial charge in [0.2, 0.25) is 0 Å². The molecule has 0 bridgehead atoms. The fraction of sp³-hybridized carbons (Fsp3) is 0. The average molecular weight is 690 g/mol. The number of benzene rings is 8. The molecule has 0 spiro atoms. The van der Waals surface area contributed by atoms with Gasteiger partial charge in [-0.1, -0.05) is 91.0 Å². The Bertz CT molecular complexity index is 3570. The fourth-order valence-corrected chi connectivity index (χ4v) is 8.91. The summed E-state index contributed by atoms with van der Waals surface area (Å²) in [5.41, 5.74) is 12.4. The molecule has 54 heavy (non-hydrogen) atoms. The molecule has 0 atom stereocenters. The van der Waals surface area contributed by atoms with Gasteiger partial charge >= 0.3 is 0 Å². The first-order chi connectivity index (χ1) is 26.7. The number of hydrogen-bond donors (Lipinski definition) is 0. The highest BCUT2D eigenvalue weighted by molar-refractivity contribution is 6.28. The maximum Gasteiger partial charge on any atom is 0.136 e. The van der Waals surface area contributed by atoms with E-state index in [0.717, 1.165) is 99.2 Å². The van der Waals surface area contributed by atoms with Gasteiger partial charge in [-0.05, 0) is 83.9 Å². The molecular formula is C49H27N3O2. The van der Waals surface area contributed by atoms with Crippen LogP contribution in [0.1, 0.15) is 5.56 Å². The van der Waals surface area contributed by atoms with E-state index in [4.69, 9.17) is 8.83 Å². The van der Waals surface area contributed by atoms with Crippen molar-refractivity contribution in [1.29, 1.82) is 5.26 Å². The van der Waals surface area contributed by atoms with Crippen molar-refractivity contribution in [2.24, 2.45) is 0 Å². The summed E-state index contributed by atoms with van der Waals surface area (Å²) in [7, 11) is 0. The Balaban J connectivity index is 1.00. The molecule has 5 nitrogen and oxygen atoms in total. The van der Waals surface area contributed by atoms with Crippen molar-refractivity contribution in [2.75, 3.05) is 0 Å². The second-order valence-corrected chi connectivity index (χ2v) is 14.0. The van der Waals surface area contributed by atoms with Crippen LogP contribution in [-0.2, 0) is 0 Å². The molecule has 4 aromatic heterocycles. The lowest BCUT2D eigenvalue weighted by Crippen LogP contribution is -1.97. The topological polar surface area (TPSA) is 59.9 Å². The summed E-state index contributed by atoms with van der Waals surface area (Å²) >= 11 is 0. The summed E-state index contributed by atoms with van der Waals surface area (Å²) < 4.78 is 17.1. The molecule has 0 amide bonds. The van der Waals surface area contributed by atoms with Gasteiger partial charge in [0.25, 0.3) is 0 Å². The molecule has 8 aromatic carbocycles. The second kappa shape index (κ2) is 10.7. The third kappa shape index (κ3) is 3.86. The third-order valence-corrected chi connectivity index (χ3v) is 11.2. The summed E-state index contributed by atoms with van der Waals surface area (Å²) in [6, 6.07) is 59.2. The van der Waals surface area contributed by atoms with Crippen LogP contribution in [0.4, 0.5) is 0 Å². The average Bonchev–Trinajstić information content (AvgIpc) is 3.98. The molecule has 0 unspecified atom stereocenters. The van der Waals surface area contributed by atoms with E-state index in [1.165, 1.54) is 10.8 Å². The van der Waals surface area contributed by atoms with Gasteiger partial charge in [-0.15, -0.1) is 0 Å². The monoisotopic (exact) mass is 689 g/mol. The third-order valence-electron chi connectivity index (χ3n) is 11.2. The Morgan fingerprint density at radius 3 is 1.43 bits per heavy atom. The molecule has 0 fully saturated rings. The number of nitriles is 1. The molecule has 0 radical (unpaired) electrons. The van der Waals surface area contributed by atoms with Crippen LogP contribution < -0.4 is 0 Å². The molecule has 12 aromatic rings. The van der Waals surface area contributed by atoms with Crippen LogP contribution in [0.5, 0.6) is 0 Å². The Labute approximate surface area is 307 Å². The van der Waals surface area contributed by atoms with Gasteiger partial charge < -0.3 is 18.0 Å². The van der Waals surface area contributed by atoms with Crippen LogP contribution in [-0.4, -0.2) is 9.13 Å². The van der Waals surface area contributed by atoms with E-state index in [2.05, 4.69) is 149 Å². The van der Waals surface area contributed by atoms with Gasteiger partial charge in [0, 0.05) is 54.5 Å². The number of furan rings is 2. The standard InChI is InChI=1S/C49H27N3O2/c50-28-30-27-32(52-39-14-6-2-10-35(39)47-41(52)24-26-45-49(47)37-12-4-8-16-43(37)54-45)21-22-33(30)29-17-19-31(20-18-29)51-38-13-5-1-9-34(38)46-40(51)23-25-44-48(46)36-11-3-7-15-42(36)53-44/h1-27H. The minimum atomic E-state index is 0.618. The minimum absolute atomic E-state index is 0.618. The Hall–Kier alpha value is -7.55. The molecule has 4 heterocycles. The number of fused-ring (bicyclic) bond motifs is 14. The summed E-state index contributed by atoms with van der Waals surface area (Å²) in [4.78, 5) is 0. The van der Waals surface area contributed by atoms with E-state index in [9.17, 15) is 5.26 Å². The van der Waals surface area contributed by atoms with Crippen molar-refractivity contribution in [1.82, 2.24) is 9.13 Å². The predicted molar refractivity (Wildman–Crippen MR) is 220 cm³/mol. The lowest BCUT2D eigenvalue weighted by atomic mass is 9.99. The minimum Gasteiger partial charge on any atom is -0.456 e. The molecule has 0 saturated carbocycles. The van der Waals surface area contributed by atoms with Crippen molar-refractivity contribution in [3.05, 3.63) is 169 Å². The van der Waals surface area contributed by atoms with E-state index < -0.39 is 0 Å². The zero-order chi connectivity index (χ0) is 35.5. The van der Waals surface area contributed by atoms with Gasteiger partial charge in [-0.25, -0.2) is 0 Å². The first-order valence-corrected chi connectivity index (χ1v) is 18.1. The molecular weight excluding hydrogens is 663 g/mol. The van der Waals surface area contributed by atoms with Crippen molar-refractivity contribution in [2.45, 2.75) is 0 Å². The first kappa shape index (κ1) is 29.1. The molecule has 0 aliphatic rings. The van der Waals surface area contributed by atoms with Crippen LogP contribution in [0, 0.1) is 11.3 Å².